The lowest BCUT2D eigenvalue weighted by atomic mass is 10.0. The molecule has 2 heteroatoms. The third kappa shape index (κ3) is 2.54. The average molecular weight is 182 g/mol. The summed E-state index contributed by atoms with van der Waals surface area (Å²) >= 11 is 1.40. The Balaban J connectivity index is 2.71. The molecule has 0 aromatic heterocycles. The van der Waals surface area contributed by atoms with Crippen LogP contribution in [0.1, 0.15) is 25.3 Å². The van der Waals surface area contributed by atoms with Gasteiger partial charge in [-0.2, -0.15) is 0 Å². The Bertz CT molecular complexity index is 228. The van der Waals surface area contributed by atoms with Crippen molar-refractivity contribution in [2.45, 2.75) is 24.7 Å². The van der Waals surface area contributed by atoms with Crippen LogP contribution in [-0.4, -0.2) is 7.11 Å². The van der Waals surface area contributed by atoms with E-state index in [0.717, 1.165) is 4.90 Å². The molecule has 0 saturated heterocycles. The number of benzene rings is 1. The zero-order valence-corrected chi connectivity index (χ0v) is 8.52. The fraction of sp³-hybridized carbons (Fsp3) is 0.400. The summed E-state index contributed by atoms with van der Waals surface area (Å²) in [5.74, 6) is 0.603. The van der Waals surface area contributed by atoms with Gasteiger partial charge in [0.15, 0.2) is 0 Å². The lowest BCUT2D eigenvalue weighted by Crippen LogP contribution is -1.85. The quantitative estimate of drug-likeness (QED) is 0.662. The second kappa shape index (κ2) is 4.53. The molecule has 66 valence electrons. The fourth-order valence-electron chi connectivity index (χ4n) is 1.00. The molecule has 0 amide bonds. The summed E-state index contributed by atoms with van der Waals surface area (Å²) in [6.45, 7) is 4.39. The SMILES string of the molecule is COSc1ccc(C(C)C)cc1. The maximum Gasteiger partial charge on any atom is 0.0508 e. The Morgan fingerprint density at radius 2 is 1.75 bits per heavy atom. The van der Waals surface area contributed by atoms with E-state index in [1.807, 2.05) is 0 Å². The summed E-state index contributed by atoms with van der Waals surface area (Å²) in [5.41, 5.74) is 1.37. The summed E-state index contributed by atoms with van der Waals surface area (Å²) in [6.07, 6.45) is 0. The Morgan fingerprint density at radius 1 is 1.17 bits per heavy atom. The molecular weight excluding hydrogens is 168 g/mol. The summed E-state index contributed by atoms with van der Waals surface area (Å²) in [6, 6.07) is 8.46. The predicted molar refractivity (Wildman–Crippen MR) is 53.4 cm³/mol. The normalized spacial score (nSPS) is 10.7. The third-order valence-electron chi connectivity index (χ3n) is 1.73. The molecule has 0 spiro atoms. The van der Waals surface area contributed by atoms with E-state index in [1.165, 1.54) is 17.6 Å². The lowest BCUT2D eigenvalue weighted by molar-refractivity contribution is 0.490. The van der Waals surface area contributed by atoms with Gasteiger partial charge in [0.05, 0.1) is 7.11 Å². The molecular formula is C10H14OS. The van der Waals surface area contributed by atoms with Crippen LogP contribution in [-0.2, 0) is 4.18 Å². The molecule has 0 aliphatic rings. The van der Waals surface area contributed by atoms with Crippen LogP contribution < -0.4 is 0 Å². The minimum atomic E-state index is 0.603. The number of hydrogen-bond donors (Lipinski definition) is 0. The summed E-state index contributed by atoms with van der Waals surface area (Å²) in [7, 11) is 1.68. The fourth-order valence-corrected chi connectivity index (χ4v) is 1.44. The van der Waals surface area contributed by atoms with Crippen molar-refractivity contribution in [2.24, 2.45) is 0 Å². The van der Waals surface area contributed by atoms with Gasteiger partial charge in [-0.3, -0.25) is 0 Å². The summed E-state index contributed by atoms with van der Waals surface area (Å²) < 4.78 is 4.94. The van der Waals surface area contributed by atoms with Gasteiger partial charge in [-0.15, -0.1) is 0 Å². The predicted octanol–water partition coefficient (Wildman–Crippen LogP) is 3.46. The minimum absolute atomic E-state index is 0.603. The molecule has 0 aliphatic carbocycles. The average Bonchev–Trinajstić information content (AvgIpc) is 2.06. The molecule has 0 heterocycles. The van der Waals surface area contributed by atoms with Crippen LogP contribution in [0.4, 0.5) is 0 Å². The van der Waals surface area contributed by atoms with E-state index in [1.54, 1.807) is 7.11 Å². The zero-order valence-electron chi connectivity index (χ0n) is 7.70. The largest absolute Gasteiger partial charge is 0.314 e. The highest BCUT2D eigenvalue weighted by atomic mass is 32.2. The maximum atomic E-state index is 4.94. The lowest BCUT2D eigenvalue weighted by Gasteiger charge is -2.05. The monoisotopic (exact) mass is 182 g/mol. The highest BCUT2D eigenvalue weighted by molar-refractivity contribution is 7.94. The Labute approximate surface area is 78.3 Å². The van der Waals surface area contributed by atoms with Crippen LogP contribution in [0.5, 0.6) is 0 Å². The van der Waals surface area contributed by atoms with Crippen molar-refractivity contribution >= 4 is 12.0 Å². The first kappa shape index (κ1) is 9.62. The van der Waals surface area contributed by atoms with Crippen molar-refractivity contribution < 1.29 is 4.18 Å². The molecule has 0 atom stereocenters. The molecule has 0 fully saturated rings. The van der Waals surface area contributed by atoms with Crippen LogP contribution >= 0.6 is 12.0 Å². The Kier molecular flexibility index (Phi) is 3.63. The van der Waals surface area contributed by atoms with Crippen LogP contribution in [0, 0.1) is 0 Å². The van der Waals surface area contributed by atoms with E-state index in [0.29, 0.717) is 5.92 Å². The smallest absolute Gasteiger partial charge is 0.0508 e. The van der Waals surface area contributed by atoms with Gasteiger partial charge >= 0.3 is 0 Å². The topological polar surface area (TPSA) is 9.23 Å². The van der Waals surface area contributed by atoms with E-state index in [-0.39, 0.29) is 0 Å². The Hall–Kier alpha value is -0.470. The molecule has 0 saturated carbocycles. The van der Waals surface area contributed by atoms with E-state index in [4.69, 9.17) is 4.18 Å². The zero-order chi connectivity index (χ0) is 8.97. The molecule has 0 bridgehead atoms. The first-order valence-electron chi connectivity index (χ1n) is 4.04. The van der Waals surface area contributed by atoms with Gasteiger partial charge in [0.2, 0.25) is 0 Å². The molecule has 1 rings (SSSR count). The van der Waals surface area contributed by atoms with Gasteiger partial charge in [0.1, 0.15) is 0 Å². The minimum Gasteiger partial charge on any atom is -0.314 e. The van der Waals surface area contributed by atoms with Crippen molar-refractivity contribution in [1.29, 1.82) is 0 Å². The van der Waals surface area contributed by atoms with E-state index in [9.17, 15) is 0 Å². The van der Waals surface area contributed by atoms with Gasteiger partial charge in [-0.05, 0) is 23.6 Å². The van der Waals surface area contributed by atoms with Crippen LogP contribution in [0.15, 0.2) is 29.2 Å². The number of hydrogen-bond acceptors (Lipinski definition) is 2. The molecule has 12 heavy (non-hydrogen) atoms. The van der Waals surface area contributed by atoms with Crippen molar-refractivity contribution in [3.05, 3.63) is 29.8 Å². The molecule has 1 nitrogen and oxygen atoms in total. The highest BCUT2D eigenvalue weighted by Crippen LogP contribution is 2.21. The first-order chi connectivity index (χ1) is 5.74. The van der Waals surface area contributed by atoms with Crippen molar-refractivity contribution in [1.82, 2.24) is 0 Å². The molecule has 0 radical (unpaired) electrons. The van der Waals surface area contributed by atoms with Crippen LogP contribution in [0.25, 0.3) is 0 Å². The molecule has 1 aromatic carbocycles. The van der Waals surface area contributed by atoms with Gasteiger partial charge in [-0.25, -0.2) is 0 Å². The Morgan fingerprint density at radius 3 is 2.17 bits per heavy atom. The van der Waals surface area contributed by atoms with Gasteiger partial charge < -0.3 is 4.18 Å². The van der Waals surface area contributed by atoms with Crippen molar-refractivity contribution in [3.63, 3.8) is 0 Å². The first-order valence-corrected chi connectivity index (χ1v) is 4.79. The maximum absolute atomic E-state index is 4.94. The standard InChI is InChI=1S/C10H14OS/c1-8(2)9-4-6-10(7-5-9)12-11-3/h4-8H,1-3H3. The summed E-state index contributed by atoms with van der Waals surface area (Å²) in [4.78, 5) is 1.15. The number of rotatable bonds is 3. The second-order valence-electron chi connectivity index (χ2n) is 2.97. The third-order valence-corrected chi connectivity index (χ3v) is 2.36. The van der Waals surface area contributed by atoms with Gasteiger partial charge in [-0.1, -0.05) is 26.0 Å². The second-order valence-corrected chi connectivity index (χ2v) is 3.95. The van der Waals surface area contributed by atoms with E-state index in [2.05, 4.69) is 38.1 Å². The van der Waals surface area contributed by atoms with E-state index >= 15 is 0 Å². The van der Waals surface area contributed by atoms with Crippen LogP contribution in [0.3, 0.4) is 0 Å². The van der Waals surface area contributed by atoms with Crippen molar-refractivity contribution in [2.75, 3.05) is 7.11 Å². The molecule has 0 N–H and O–H groups in total. The van der Waals surface area contributed by atoms with Gasteiger partial charge in [0, 0.05) is 16.9 Å². The molecule has 0 unspecified atom stereocenters. The highest BCUT2D eigenvalue weighted by Gasteiger charge is 1.98. The molecule has 1 aromatic rings. The molecule has 0 aliphatic heterocycles. The van der Waals surface area contributed by atoms with Crippen LogP contribution in [0.2, 0.25) is 0 Å². The van der Waals surface area contributed by atoms with Crippen molar-refractivity contribution in [3.8, 4) is 0 Å². The van der Waals surface area contributed by atoms with Gasteiger partial charge in [0.25, 0.3) is 0 Å². The summed E-state index contributed by atoms with van der Waals surface area (Å²) in [5, 5.41) is 0. The van der Waals surface area contributed by atoms with E-state index < -0.39 is 0 Å².